The molecule has 1 fully saturated rings. The summed E-state index contributed by atoms with van der Waals surface area (Å²) in [7, 11) is 1.83. The zero-order valence-electron chi connectivity index (χ0n) is 14.8. The SMILES string of the molecule is CCCNC(=NC)NCC(C)N1CCN(c2ccccc2)CC1. The highest BCUT2D eigenvalue weighted by Gasteiger charge is 2.21. The molecule has 128 valence electrons. The van der Waals surface area contributed by atoms with Gasteiger partial charge in [-0.05, 0) is 25.5 Å². The summed E-state index contributed by atoms with van der Waals surface area (Å²) in [4.78, 5) is 9.29. The molecule has 2 N–H and O–H groups in total. The van der Waals surface area contributed by atoms with Crippen molar-refractivity contribution >= 4 is 11.6 Å². The van der Waals surface area contributed by atoms with Crippen LogP contribution in [-0.2, 0) is 0 Å². The van der Waals surface area contributed by atoms with Gasteiger partial charge in [-0.15, -0.1) is 0 Å². The Bertz CT molecular complexity index is 466. The third-order valence-electron chi connectivity index (χ3n) is 4.39. The predicted molar refractivity (Wildman–Crippen MR) is 99.3 cm³/mol. The van der Waals surface area contributed by atoms with Crippen molar-refractivity contribution in [1.29, 1.82) is 0 Å². The Labute approximate surface area is 140 Å². The number of aliphatic imine (C=N–C) groups is 1. The molecular formula is C18H31N5. The molecular weight excluding hydrogens is 286 g/mol. The minimum absolute atomic E-state index is 0.507. The molecule has 1 atom stereocenters. The van der Waals surface area contributed by atoms with E-state index in [1.807, 2.05) is 7.05 Å². The third-order valence-corrected chi connectivity index (χ3v) is 4.39. The molecule has 5 nitrogen and oxygen atoms in total. The number of nitrogens with one attached hydrogen (secondary N) is 2. The normalized spacial score (nSPS) is 17.9. The number of rotatable bonds is 6. The Morgan fingerprint density at radius 2 is 1.83 bits per heavy atom. The topological polar surface area (TPSA) is 42.9 Å². The maximum atomic E-state index is 4.26. The Morgan fingerprint density at radius 1 is 1.13 bits per heavy atom. The molecule has 0 aromatic heterocycles. The van der Waals surface area contributed by atoms with Gasteiger partial charge in [0.1, 0.15) is 0 Å². The van der Waals surface area contributed by atoms with Crippen LogP contribution in [0.1, 0.15) is 20.3 Å². The van der Waals surface area contributed by atoms with Crippen LogP contribution in [0, 0.1) is 0 Å². The van der Waals surface area contributed by atoms with Gasteiger partial charge >= 0.3 is 0 Å². The van der Waals surface area contributed by atoms with Crippen molar-refractivity contribution in [3.8, 4) is 0 Å². The van der Waals surface area contributed by atoms with Crippen molar-refractivity contribution in [2.24, 2.45) is 4.99 Å². The summed E-state index contributed by atoms with van der Waals surface area (Å²) in [5.74, 6) is 0.904. The summed E-state index contributed by atoms with van der Waals surface area (Å²) in [6.07, 6.45) is 1.11. The third kappa shape index (κ3) is 5.43. The van der Waals surface area contributed by atoms with Gasteiger partial charge < -0.3 is 15.5 Å². The summed E-state index contributed by atoms with van der Waals surface area (Å²) < 4.78 is 0. The lowest BCUT2D eigenvalue weighted by Crippen LogP contribution is -2.53. The molecule has 1 unspecified atom stereocenters. The number of piperazine rings is 1. The van der Waals surface area contributed by atoms with Gasteiger partial charge in [-0.2, -0.15) is 0 Å². The monoisotopic (exact) mass is 317 g/mol. The van der Waals surface area contributed by atoms with Crippen molar-refractivity contribution in [2.45, 2.75) is 26.3 Å². The van der Waals surface area contributed by atoms with E-state index < -0.39 is 0 Å². The summed E-state index contributed by atoms with van der Waals surface area (Å²) in [6.45, 7) is 10.7. The molecule has 1 heterocycles. The fourth-order valence-electron chi connectivity index (χ4n) is 2.90. The van der Waals surface area contributed by atoms with E-state index in [-0.39, 0.29) is 0 Å². The fraction of sp³-hybridized carbons (Fsp3) is 0.611. The van der Waals surface area contributed by atoms with E-state index in [0.29, 0.717) is 6.04 Å². The maximum absolute atomic E-state index is 4.26. The van der Waals surface area contributed by atoms with E-state index in [0.717, 1.165) is 51.6 Å². The van der Waals surface area contributed by atoms with Gasteiger partial charge in [0.25, 0.3) is 0 Å². The van der Waals surface area contributed by atoms with Crippen LogP contribution in [-0.4, -0.2) is 63.2 Å². The van der Waals surface area contributed by atoms with Crippen LogP contribution in [0.5, 0.6) is 0 Å². The van der Waals surface area contributed by atoms with Crippen molar-refractivity contribution in [1.82, 2.24) is 15.5 Å². The molecule has 1 saturated heterocycles. The first-order valence-electron chi connectivity index (χ1n) is 8.73. The highest BCUT2D eigenvalue weighted by molar-refractivity contribution is 5.79. The molecule has 5 heteroatoms. The van der Waals surface area contributed by atoms with E-state index >= 15 is 0 Å². The van der Waals surface area contributed by atoms with Crippen LogP contribution in [0.4, 0.5) is 5.69 Å². The summed E-state index contributed by atoms with van der Waals surface area (Å²) in [5.41, 5.74) is 1.34. The molecule has 0 spiro atoms. The zero-order chi connectivity index (χ0) is 16.5. The molecule has 1 aromatic carbocycles. The molecule has 2 rings (SSSR count). The molecule has 0 saturated carbocycles. The van der Waals surface area contributed by atoms with E-state index in [1.165, 1.54) is 5.69 Å². The smallest absolute Gasteiger partial charge is 0.191 e. The van der Waals surface area contributed by atoms with E-state index in [4.69, 9.17) is 0 Å². The van der Waals surface area contributed by atoms with Gasteiger partial charge in [-0.25, -0.2) is 0 Å². The van der Waals surface area contributed by atoms with Crippen LogP contribution in [0.3, 0.4) is 0 Å². The van der Waals surface area contributed by atoms with Crippen LogP contribution < -0.4 is 15.5 Å². The van der Waals surface area contributed by atoms with Gasteiger partial charge in [0.2, 0.25) is 0 Å². The average molecular weight is 317 g/mol. The molecule has 0 bridgehead atoms. The standard InChI is InChI=1S/C18H31N5/c1-4-10-20-18(19-3)21-15-16(2)22-11-13-23(14-12-22)17-8-6-5-7-9-17/h5-9,16H,4,10-15H2,1-3H3,(H2,19,20,21). The number of hydrogen-bond acceptors (Lipinski definition) is 3. The molecule has 23 heavy (non-hydrogen) atoms. The molecule has 1 aliphatic heterocycles. The number of benzene rings is 1. The Kier molecular flexibility index (Phi) is 7.20. The van der Waals surface area contributed by atoms with Crippen LogP contribution in [0.2, 0.25) is 0 Å². The van der Waals surface area contributed by atoms with Gasteiger partial charge in [0.15, 0.2) is 5.96 Å². The minimum Gasteiger partial charge on any atom is -0.369 e. The Morgan fingerprint density at radius 3 is 2.43 bits per heavy atom. The largest absolute Gasteiger partial charge is 0.369 e. The van der Waals surface area contributed by atoms with Crippen molar-refractivity contribution in [2.75, 3.05) is 51.2 Å². The van der Waals surface area contributed by atoms with E-state index in [9.17, 15) is 0 Å². The summed E-state index contributed by atoms with van der Waals surface area (Å²) in [6, 6.07) is 11.2. The highest BCUT2D eigenvalue weighted by Crippen LogP contribution is 2.16. The number of hydrogen-bond donors (Lipinski definition) is 2. The zero-order valence-corrected chi connectivity index (χ0v) is 14.8. The molecule has 1 aliphatic rings. The maximum Gasteiger partial charge on any atom is 0.191 e. The average Bonchev–Trinajstić information content (AvgIpc) is 2.62. The first-order chi connectivity index (χ1) is 11.2. The lowest BCUT2D eigenvalue weighted by Gasteiger charge is -2.39. The first kappa shape index (κ1) is 17.6. The highest BCUT2D eigenvalue weighted by atomic mass is 15.3. The Balaban J connectivity index is 1.74. The second-order valence-electron chi connectivity index (χ2n) is 6.09. The fourth-order valence-corrected chi connectivity index (χ4v) is 2.90. The van der Waals surface area contributed by atoms with Crippen molar-refractivity contribution in [3.05, 3.63) is 30.3 Å². The van der Waals surface area contributed by atoms with Crippen molar-refractivity contribution < 1.29 is 0 Å². The minimum atomic E-state index is 0.507. The first-order valence-corrected chi connectivity index (χ1v) is 8.73. The summed E-state index contributed by atoms with van der Waals surface area (Å²) >= 11 is 0. The lowest BCUT2D eigenvalue weighted by atomic mass is 10.2. The number of guanidine groups is 1. The lowest BCUT2D eigenvalue weighted by molar-refractivity contribution is 0.197. The predicted octanol–water partition coefficient (Wildman–Crippen LogP) is 1.77. The van der Waals surface area contributed by atoms with E-state index in [1.54, 1.807) is 0 Å². The van der Waals surface area contributed by atoms with Crippen LogP contribution in [0.25, 0.3) is 0 Å². The van der Waals surface area contributed by atoms with Crippen LogP contribution >= 0.6 is 0 Å². The second-order valence-corrected chi connectivity index (χ2v) is 6.09. The molecule has 0 aliphatic carbocycles. The van der Waals surface area contributed by atoms with E-state index in [2.05, 4.69) is 69.6 Å². The molecule has 0 radical (unpaired) electrons. The van der Waals surface area contributed by atoms with Gasteiger partial charge in [-0.1, -0.05) is 25.1 Å². The Hall–Kier alpha value is -1.75. The van der Waals surface area contributed by atoms with Crippen LogP contribution in [0.15, 0.2) is 35.3 Å². The summed E-state index contributed by atoms with van der Waals surface area (Å²) in [5, 5.41) is 6.75. The second kappa shape index (κ2) is 9.40. The number of nitrogens with zero attached hydrogens (tertiary/aromatic N) is 3. The number of anilines is 1. The van der Waals surface area contributed by atoms with Gasteiger partial charge in [-0.3, -0.25) is 9.89 Å². The molecule has 1 aromatic rings. The van der Waals surface area contributed by atoms with Gasteiger partial charge in [0, 0.05) is 58.0 Å². The molecule has 0 amide bonds. The van der Waals surface area contributed by atoms with Crippen molar-refractivity contribution in [3.63, 3.8) is 0 Å². The quantitative estimate of drug-likeness (QED) is 0.620. The van der Waals surface area contributed by atoms with Gasteiger partial charge in [0.05, 0.1) is 0 Å². The number of para-hydroxylation sites is 1.